The van der Waals surface area contributed by atoms with Gasteiger partial charge in [-0.05, 0) is 56.0 Å². The van der Waals surface area contributed by atoms with Crippen LogP contribution in [0.15, 0.2) is 54.6 Å². The van der Waals surface area contributed by atoms with Gasteiger partial charge in [-0.3, -0.25) is 24.2 Å². The van der Waals surface area contributed by atoms with Crippen LogP contribution in [-0.4, -0.2) is 86.1 Å². The third-order valence-corrected chi connectivity index (χ3v) is 10.4. The molecule has 13 heteroatoms. The normalized spacial score (nSPS) is 15.9. The van der Waals surface area contributed by atoms with E-state index in [2.05, 4.69) is 17.5 Å². The van der Waals surface area contributed by atoms with Crippen molar-refractivity contribution >= 4 is 33.2 Å². The first-order valence-electron chi connectivity index (χ1n) is 16.9. The number of benzene rings is 1. The van der Waals surface area contributed by atoms with Gasteiger partial charge in [-0.2, -0.15) is 5.10 Å². The van der Waals surface area contributed by atoms with Crippen molar-refractivity contribution in [2.24, 2.45) is 0 Å². The highest BCUT2D eigenvalue weighted by atomic mass is 32.1. The summed E-state index contributed by atoms with van der Waals surface area (Å²) in [4.78, 5) is 40.7. The van der Waals surface area contributed by atoms with E-state index in [-0.39, 0.29) is 35.3 Å². The first-order valence-corrected chi connectivity index (χ1v) is 17.8. The van der Waals surface area contributed by atoms with Crippen molar-refractivity contribution < 1.29 is 23.1 Å². The number of fused-ring (bicyclic) bond motifs is 3. The number of nitrogens with zero attached hydrogens (tertiary/aromatic N) is 7. The molecule has 2 aliphatic rings. The van der Waals surface area contributed by atoms with Crippen LogP contribution in [0.1, 0.15) is 43.8 Å². The molecule has 5 aromatic rings. The highest BCUT2D eigenvalue weighted by Gasteiger charge is 2.32. The summed E-state index contributed by atoms with van der Waals surface area (Å²) in [6.07, 6.45) is 3.48. The monoisotopic (exact) mass is 711 g/mol. The van der Waals surface area contributed by atoms with Gasteiger partial charge in [0.15, 0.2) is 0 Å². The van der Waals surface area contributed by atoms with Crippen LogP contribution in [0.25, 0.3) is 43.9 Å². The Hall–Kier alpha value is -5.01. The molecule has 0 saturated carbocycles. The Labute approximate surface area is 299 Å². The van der Waals surface area contributed by atoms with Gasteiger partial charge in [0.2, 0.25) is 11.8 Å². The number of halogens is 2. The summed E-state index contributed by atoms with van der Waals surface area (Å²) in [5.74, 6) is -1.60. The molecule has 2 amide bonds. The number of thiophene rings is 1. The van der Waals surface area contributed by atoms with Gasteiger partial charge in [0.1, 0.15) is 28.8 Å². The van der Waals surface area contributed by atoms with Crippen molar-refractivity contribution in [3.8, 4) is 39.5 Å². The molecule has 10 nitrogen and oxygen atoms in total. The van der Waals surface area contributed by atoms with E-state index in [0.29, 0.717) is 55.2 Å². The molecule has 0 bridgehead atoms. The smallest absolute Gasteiger partial charge is 0.246 e. The number of hydrogen-bond donors (Lipinski definition) is 0. The lowest BCUT2D eigenvalue weighted by atomic mass is 9.95. The lowest BCUT2D eigenvalue weighted by Crippen LogP contribution is -2.40. The van der Waals surface area contributed by atoms with Gasteiger partial charge in [0.05, 0.1) is 42.2 Å². The second-order valence-corrected chi connectivity index (χ2v) is 14.4. The fourth-order valence-electron chi connectivity index (χ4n) is 6.92. The summed E-state index contributed by atoms with van der Waals surface area (Å²) in [7, 11) is 3.51. The predicted octanol–water partition coefficient (Wildman–Crippen LogP) is 6.49. The van der Waals surface area contributed by atoms with E-state index in [0.717, 1.165) is 45.2 Å². The molecule has 0 N–H and O–H groups in total. The molecule has 0 spiro atoms. The van der Waals surface area contributed by atoms with Crippen LogP contribution < -0.4 is 4.74 Å². The maximum atomic E-state index is 16.2. The Bertz CT molecular complexity index is 2190. The fraction of sp³-hybridized carbons (Fsp3) is 0.342. The summed E-state index contributed by atoms with van der Waals surface area (Å²) in [5, 5.41) is 7.66. The highest BCUT2D eigenvalue weighted by Crippen LogP contribution is 2.47. The average Bonchev–Trinajstić information content (AvgIpc) is 3.76. The van der Waals surface area contributed by atoms with Crippen molar-refractivity contribution in [2.45, 2.75) is 52.4 Å². The molecule has 2 aliphatic heterocycles. The number of hydrogen-bond acceptors (Lipinski definition) is 8. The van der Waals surface area contributed by atoms with E-state index in [1.807, 2.05) is 35.3 Å². The van der Waals surface area contributed by atoms with Crippen molar-refractivity contribution in [3.63, 3.8) is 0 Å². The number of likely N-dealkylation sites (N-methyl/N-ethyl adjacent to an activating group) is 1. The van der Waals surface area contributed by atoms with E-state index >= 15 is 4.39 Å². The number of ether oxygens (including phenoxy) is 1. The van der Waals surface area contributed by atoms with Gasteiger partial charge in [-0.25, -0.2) is 13.8 Å². The zero-order valence-electron chi connectivity index (χ0n) is 29.2. The zero-order chi connectivity index (χ0) is 36.1. The maximum absolute atomic E-state index is 16.2. The van der Waals surface area contributed by atoms with Crippen molar-refractivity contribution in [2.75, 3.05) is 33.7 Å². The molecule has 1 atom stereocenters. The molecule has 6 heterocycles. The largest absolute Gasteiger partial charge is 0.490 e. The summed E-state index contributed by atoms with van der Waals surface area (Å²) >= 11 is 1.42. The molecule has 0 saturated heterocycles. The Morgan fingerprint density at radius 3 is 2.67 bits per heavy atom. The van der Waals surface area contributed by atoms with E-state index in [4.69, 9.17) is 19.8 Å². The molecule has 0 unspecified atom stereocenters. The number of aromatic nitrogens is 4. The topological polar surface area (TPSA) is 96.7 Å². The summed E-state index contributed by atoms with van der Waals surface area (Å²) in [6.45, 7) is 11.7. The first-order chi connectivity index (χ1) is 24.4. The van der Waals surface area contributed by atoms with Gasteiger partial charge in [-0.15, -0.1) is 11.3 Å². The van der Waals surface area contributed by atoms with Crippen molar-refractivity contribution in [1.29, 1.82) is 0 Å². The van der Waals surface area contributed by atoms with Crippen LogP contribution in [0.4, 0.5) is 8.78 Å². The van der Waals surface area contributed by atoms with Gasteiger partial charge in [0.25, 0.3) is 0 Å². The van der Waals surface area contributed by atoms with Crippen LogP contribution in [0.3, 0.4) is 0 Å². The first kappa shape index (κ1) is 34.4. The second-order valence-electron chi connectivity index (χ2n) is 13.4. The van der Waals surface area contributed by atoms with E-state index in [1.165, 1.54) is 23.5 Å². The SMILES string of the molecule is C=CC(=O)N1CCn2nc(-c3nc(-c4cnc5c(c4)CN(CC(=O)N(C)C)CC5)c4ccsc4c3-c3c(F)cc(F)cc3OC(C)C)cc2[C@H]1C. The molecule has 7 rings (SSSR count). The molecule has 4 aromatic heterocycles. The number of pyridine rings is 2. The maximum Gasteiger partial charge on any atom is 0.246 e. The quantitative estimate of drug-likeness (QED) is 0.170. The Kier molecular flexibility index (Phi) is 9.19. The molecule has 0 aliphatic carbocycles. The second kappa shape index (κ2) is 13.6. The summed E-state index contributed by atoms with van der Waals surface area (Å²) < 4.78 is 39.5. The molecule has 0 radical (unpaired) electrons. The lowest BCUT2D eigenvalue weighted by Gasteiger charge is -2.33. The van der Waals surface area contributed by atoms with Gasteiger partial charge >= 0.3 is 0 Å². The van der Waals surface area contributed by atoms with Crippen LogP contribution >= 0.6 is 11.3 Å². The lowest BCUT2D eigenvalue weighted by molar-refractivity contribution is -0.130. The van der Waals surface area contributed by atoms with E-state index in [9.17, 15) is 14.0 Å². The van der Waals surface area contributed by atoms with Crippen molar-refractivity contribution in [3.05, 3.63) is 83.1 Å². The summed E-state index contributed by atoms with van der Waals surface area (Å²) in [6, 6.07) is 7.67. The van der Waals surface area contributed by atoms with Crippen LogP contribution in [0, 0.1) is 11.6 Å². The zero-order valence-corrected chi connectivity index (χ0v) is 30.1. The number of carbonyl (C=O) groups excluding carboxylic acids is 2. The predicted molar refractivity (Wildman–Crippen MR) is 193 cm³/mol. The molecule has 51 heavy (non-hydrogen) atoms. The minimum atomic E-state index is -0.779. The fourth-order valence-corrected chi connectivity index (χ4v) is 7.87. The minimum absolute atomic E-state index is 0.0346. The van der Waals surface area contributed by atoms with E-state index < -0.39 is 11.6 Å². The number of amides is 2. The van der Waals surface area contributed by atoms with Crippen LogP contribution in [0.5, 0.6) is 5.75 Å². The number of carbonyl (C=O) groups is 2. The molecule has 0 fully saturated rings. The Morgan fingerprint density at radius 1 is 1.12 bits per heavy atom. The Balaban J connectivity index is 1.43. The Morgan fingerprint density at radius 2 is 1.92 bits per heavy atom. The minimum Gasteiger partial charge on any atom is -0.490 e. The van der Waals surface area contributed by atoms with Crippen LogP contribution in [-0.2, 0) is 29.1 Å². The molecule has 264 valence electrons. The standard InChI is InChI=1S/C38H39F2N7O3S/c1-7-32(48)46-11-12-47-30(22(46)4)17-29(43-47)37-35(34-27(40)15-25(39)16-31(34)50-21(2)3)38-26(9-13-51-38)36(42-37)23-14-24-19-45(20-33(49)44(5)6)10-8-28(24)41-18-23/h7,9,13-18,21-22H,1,8,10-12,19-20H2,2-6H3/t22-/m1/s1. The molecular weight excluding hydrogens is 673 g/mol. The van der Waals surface area contributed by atoms with Crippen LogP contribution in [0.2, 0.25) is 0 Å². The van der Waals surface area contributed by atoms with Gasteiger partial charge in [0, 0.05) is 85.4 Å². The molecule has 1 aromatic carbocycles. The van der Waals surface area contributed by atoms with Crippen molar-refractivity contribution in [1.82, 2.24) is 34.4 Å². The third-order valence-electron chi connectivity index (χ3n) is 9.45. The summed E-state index contributed by atoms with van der Waals surface area (Å²) in [5.41, 5.74) is 5.61. The third kappa shape index (κ3) is 6.40. The van der Waals surface area contributed by atoms with Gasteiger partial charge in [-0.1, -0.05) is 6.58 Å². The molecular formula is C38H39F2N7O3S. The average molecular weight is 712 g/mol. The number of rotatable bonds is 8. The van der Waals surface area contributed by atoms with E-state index in [1.54, 1.807) is 37.7 Å². The highest BCUT2D eigenvalue weighted by molar-refractivity contribution is 7.18. The van der Waals surface area contributed by atoms with Gasteiger partial charge < -0.3 is 14.5 Å².